The third-order valence-electron chi connectivity index (χ3n) is 6.25. The highest BCUT2D eigenvalue weighted by molar-refractivity contribution is 5.65. The summed E-state index contributed by atoms with van der Waals surface area (Å²) in [5.41, 5.74) is 4.53. The summed E-state index contributed by atoms with van der Waals surface area (Å²) in [7, 11) is 0. The van der Waals surface area contributed by atoms with Crippen molar-refractivity contribution >= 4 is 12.2 Å². The topological polar surface area (TPSA) is 63.0 Å². The van der Waals surface area contributed by atoms with Crippen molar-refractivity contribution in [3.8, 4) is 11.3 Å². The first-order valence-electron chi connectivity index (χ1n) is 10.6. The molecule has 3 aromatic rings. The summed E-state index contributed by atoms with van der Waals surface area (Å²) in [4.78, 5) is 25.2. The van der Waals surface area contributed by atoms with Gasteiger partial charge in [-0.1, -0.05) is 38.1 Å². The Bertz CT molecular complexity index is 1030. The predicted molar refractivity (Wildman–Crippen MR) is 114 cm³/mol. The smallest absolute Gasteiger partial charge is 0.234 e. The van der Waals surface area contributed by atoms with Crippen LogP contribution in [0.5, 0.6) is 0 Å². The molecule has 2 fully saturated rings. The van der Waals surface area contributed by atoms with Crippen molar-refractivity contribution in [1.82, 2.24) is 24.2 Å². The number of hydrogen-bond acceptors (Lipinski definition) is 5. The van der Waals surface area contributed by atoms with Crippen LogP contribution < -0.4 is 0 Å². The van der Waals surface area contributed by atoms with Gasteiger partial charge in [-0.3, -0.25) is 14.1 Å². The van der Waals surface area contributed by atoms with Crippen LogP contribution in [0.4, 0.5) is 0 Å². The van der Waals surface area contributed by atoms with E-state index in [0.29, 0.717) is 24.9 Å². The Morgan fingerprint density at radius 2 is 1.90 bits per heavy atom. The van der Waals surface area contributed by atoms with Gasteiger partial charge in [-0.05, 0) is 17.5 Å². The Hall–Kier alpha value is -2.77. The monoisotopic (exact) mass is 405 g/mol. The van der Waals surface area contributed by atoms with E-state index >= 15 is 0 Å². The van der Waals surface area contributed by atoms with Crippen molar-refractivity contribution in [1.29, 1.82) is 0 Å². The number of carbonyl (C=O) groups excluding carboxylic acids is 1. The molecule has 0 saturated carbocycles. The SMILES string of the molecule is CC(C)c1ccc(-c2nc3ncccn3c2CN2CC3COCC(C2)N3C=O)cc1. The minimum Gasteiger partial charge on any atom is -0.377 e. The minimum atomic E-state index is 0.112. The Morgan fingerprint density at radius 1 is 1.17 bits per heavy atom. The van der Waals surface area contributed by atoms with Gasteiger partial charge in [0.05, 0.1) is 36.7 Å². The number of rotatable bonds is 5. The molecule has 0 aliphatic carbocycles. The van der Waals surface area contributed by atoms with Crippen molar-refractivity contribution in [2.24, 2.45) is 0 Å². The maximum absolute atomic E-state index is 11.5. The molecule has 2 atom stereocenters. The van der Waals surface area contributed by atoms with Gasteiger partial charge < -0.3 is 9.64 Å². The normalized spacial score (nSPS) is 22.0. The lowest BCUT2D eigenvalue weighted by Gasteiger charge is -2.48. The van der Waals surface area contributed by atoms with E-state index < -0.39 is 0 Å². The molecule has 0 radical (unpaired) electrons. The molecule has 5 rings (SSSR count). The number of piperazine rings is 1. The Morgan fingerprint density at radius 3 is 2.57 bits per heavy atom. The molecule has 2 saturated heterocycles. The number of morpholine rings is 1. The molecular formula is C23H27N5O2. The van der Waals surface area contributed by atoms with Gasteiger partial charge in [-0.25, -0.2) is 9.97 Å². The zero-order valence-electron chi connectivity index (χ0n) is 17.4. The summed E-state index contributed by atoms with van der Waals surface area (Å²) in [5.74, 6) is 1.21. The van der Waals surface area contributed by atoms with Crippen LogP contribution >= 0.6 is 0 Å². The van der Waals surface area contributed by atoms with Crippen LogP contribution in [0.2, 0.25) is 0 Å². The second kappa shape index (κ2) is 7.81. The summed E-state index contributed by atoms with van der Waals surface area (Å²) in [6.07, 6.45) is 4.79. The van der Waals surface area contributed by atoms with E-state index in [9.17, 15) is 4.79 Å². The third kappa shape index (κ3) is 3.38. The fourth-order valence-electron chi connectivity index (χ4n) is 4.63. The quantitative estimate of drug-likeness (QED) is 0.611. The summed E-state index contributed by atoms with van der Waals surface area (Å²) in [5, 5.41) is 0. The van der Waals surface area contributed by atoms with E-state index in [2.05, 4.69) is 52.4 Å². The molecule has 0 spiro atoms. The lowest BCUT2D eigenvalue weighted by molar-refractivity contribution is -0.142. The number of aromatic nitrogens is 3. The average molecular weight is 406 g/mol. The molecule has 1 aromatic carbocycles. The summed E-state index contributed by atoms with van der Waals surface area (Å²) in [6, 6.07) is 10.9. The molecule has 2 bridgehead atoms. The molecule has 1 amide bonds. The van der Waals surface area contributed by atoms with Gasteiger partial charge >= 0.3 is 0 Å². The number of benzene rings is 1. The number of hydrogen-bond donors (Lipinski definition) is 0. The highest BCUT2D eigenvalue weighted by Crippen LogP contribution is 2.28. The minimum absolute atomic E-state index is 0.112. The van der Waals surface area contributed by atoms with Crippen LogP contribution in [0, 0.1) is 0 Å². The number of ether oxygens (including phenoxy) is 1. The van der Waals surface area contributed by atoms with E-state index in [1.54, 1.807) is 6.20 Å². The number of imidazole rings is 1. The van der Waals surface area contributed by atoms with Crippen LogP contribution in [-0.2, 0) is 16.1 Å². The van der Waals surface area contributed by atoms with Crippen molar-refractivity contribution in [2.45, 2.75) is 38.4 Å². The second-order valence-corrected chi connectivity index (χ2v) is 8.57. The van der Waals surface area contributed by atoms with Crippen molar-refractivity contribution in [2.75, 3.05) is 26.3 Å². The maximum Gasteiger partial charge on any atom is 0.234 e. The molecule has 30 heavy (non-hydrogen) atoms. The summed E-state index contributed by atoms with van der Waals surface area (Å²) < 4.78 is 7.78. The van der Waals surface area contributed by atoms with Crippen molar-refractivity contribution in [3.05, 3.63) is 54.0 Å². The highest BCUT2D eigenvalue weighted by atomic mass is 16.5. The van der Waals surface area contributed by atoms with E-state index in [4.69, 9.17) is 9.72 Å². The fourth-order valence-corrected chi connectivity index (χ4v) is 4.63. The average Bonchev–Trinajstić information content (AvgIpc) is 3.11. The van der Waals surface area contributed by atoms with E-state index in [1.807, 2.05) is 17.2 Å². The summed E-state index contributed by atoms with van der Waals surface area (Å²) in [6.45, 7) is 7.97. The molecular weight excluding hydrogens is 378 g/mol. The number of fused-ring (bicyclic) bond motifs is 3. The summed E-state index contributed by atoms with van der Waals surface area (Å²) >= 11 is 0. The van der Waals surface area contributed by atoms with Crippen LogP contribution in [0.15, 0.2) is 42.7 Å². The lowest BCUT2D eigenvalue weighted by atomic mass is 10.00. The predicted octanol–water partition coefficient (Wildman–Crippen LogP) is 2.56. The molecule has 2 unspecified atom stereocenters. The molecule has 7 heteroatoms. The van der Waals surface area contributed by atoms with E-state index in [1.165, 1.54) is 5.56 Å². The van der Waals surface area contributed by atoms with Gasteiger partial charge in [0, 0.05) is 37.6 Å². The van der Waals surface area contributed by atoms with Gasteiger partial charge in [0.15, 0.2) is 0 Å². The van der Waals surface area contributed by atoms with E-state index in [-0.39, 0.29) is 12.1 Å². The zero-order chi connectivity index (χ0) is 20.7. The first kappa shape index (κ1) is 19.2. The first-order valence-corrected chi connectivity index (χ1v) is 10.6. The van der Waals surface area contributed by atoms with Crippen LogP contribution in [0.25, 0.3) is 17.0 Å². The maximum atomic E-state index is 11.5. The largest absolute Gasteiger partial charge is 0.377 e. The number of carbonyl (C=O) groups is 1. The van der Waals surface area contributed by atoms with Gasteiger partial charge in [-0.15, -0.1) is 0 Å². The van der Waals surface area contributed by atoms with Gasteiger partial charge in [0.25, 0.3) is 0 Å². The molecule has 2 aliphatic rings. The number of amides is 1. The molecule has 2 aromatic heterocycles. The zero-order valence-corrected chi connectivity index (χ0v) is 17.4. The van der Waals surface area contributed by atoms with Crippen LogP contribution in [0.3, 0.4) is 0 Å². The number of nitrogens with zero attached hydrogens (tertiary/aromatic N) is 5. The second-order valence-electron chi connectivity index (χ2n) is 8.57. The van der Waals surface area contributed by atoms with Crippen LogP contribution in [-0.4, -0.2) is 69.0 Å². The highest BCUT2D eigenvalue weighted by Gasteiger charge is 2.37. The molecule has 0 N–H and O–H groups in total. The molecule has 7 nitrogen and oxygen atoms in total. The molecule has 2 aliphatic heterocycles. The first-order chi connectivity index (χ1) is 14.6. The van der Waals surface area contributed by atoms with Crippen molar-refractivity contribution in [3.63, 3.8) is 0 Å². The molecule has 156 valence electrons. The Labute approximate surface area is 176 Å². The Balaban J connectivity index is 1.49. The standard InChI is InChI=1S/C23H27N5O2/c1-16(2)17-4-6-18(7-5-17)22-21(27-9-3-8-24-23(27)25-22)12-26-10-19-13-30-14-20(11-26)28(19)15-29/h3-9,15-16,19-20H,10-14H2,1-2H3. The van der Waals surface area contributed by atoms with Gasteiger partial charge in [0.2, 0.25) is 12.2 Å². The fraction of sp³-hybridized carbons (Fsp3) is 0.435. The lowest BCUT2D eigenvalue weighted by Crippen LogP contribution is -2.63. The Kier molecular flexibility index (Phi) is 5.00. The molecule has 4 heterocycles. The van der Waals surface area contributed by atoms with Crippen molar-refractivity contribution < 1.29 is 9.53 Å². The third-order valence-corrected chi connectivity index (χ3v) is 6.25. The van der Waals surface area contributed by atoms with Gasteiger partial charge in [-0.2, -0.15) is 0 Å². The van der Waals surface area contributed by atoms with Crippen LogP contribution in [0.1, 0.15) is 31.0 Å². The van der Waals surface area contributed by atoms with E-state index in [0.717, 1.165) is 43.0 Å². The van der Waals surface area contributed by atoms with Gasteiger partial charge in [0.1, 0.15) is 0 Å².